The molecule has 2 fully saturated rings. The van der Waals surface area contributed by atoms with Gasteiger partial charge in [0, 0.05) is 31.8 Å². The van der Waals surface area contributed by atoms with Crippen molar-refractivity contribution in [3.63, 3.8) is 0 Å². The maximum absolute atomic E-state index is 12.1. The number of ketones is 1. The lowest BCUT2D eigenvalue weighted by Crippen LogP contribution is -2.20. The van der Waals surface area contributed by atoms with Gasteiger partial charge in [0.1, 0.15) is 6.10 Å². The van der Waals surface area contributed by atoms with Gasteiger partial charge in [-0.1, -0.05) is 36.4 Å². The third kappa shape index (κ3) is 3.70. The SMILES string of the molecule is CO[C@@H]1C[C@@H]2OC(=O)C[C@@H]2[C@H]1/C=C/C(=O)CCc1ccccc1. The van der Waals surface area contributed by atoms with Crippen molar-refractivity contribution < 1.29 is 19.1 Å². The molecule has 0 aromatic heterocycles. The molecular weight excluding hydrogens is 292 g/mol. The Bertz CT molecular complexity index is 593. The van der Waals surface area contributed by atoms with Gasteiger partial charge in [0.25, 0.3) is 0 Å². The summed E-state index contributed by atoms with van der Waals surface area (Å²) in [5, 5.41) is 0. The smallest absolute Gasteiger partial charge is 0.306 e. The van der Waals surface area contributed by atoms with E-state index in [4.69, 9.17) is 9.47 Å². The van der Waals surface area contributed by atoms with Gasteiger partial charge >= 0.3 is 5.97 Å². The number of benzene rings is 1. The summed E-state index contributed by atoms with van der Waals surface area (Å²) in [5.74, 6) is 0.198. The zero-order chi connectivity index (χ0) is 16.2. The molecule has 0 N–H and O–H groups in total. The van der Waals surface area contributed by atoms with Gasteiger partial charge in [0.15, 0.2) is 5.78 Å². The maximum Gasteiger partial charge on any atom is 0.306 e. The quantitative estimate of drug-likeness (QED) is 0.598. The zero-order valence-corrected chi connectivity index (χ0v) is 13.3. The largest absolute Gasteiger partial charge is 0.462 e. The molecule has 122 valence electrons. The molecule has 0 bridgehead atoms. The minimum absolute atomic E-state index is 0.0243. The molecule has 0 radical (unpaired) electrons. The van der Waals surface area contributed by atoms with Crippen molar-refractivity contribution in [2.45, 2.75) is 37.9 Å². The number of rotatable bonds is 6. The molecule has 4 atom stereocenters. The first-order chi connectivity index (χ1) is 11.2. The molecule has 23 heavy (non-hydrogen) atoms. The second kappa shape index (κ2) is 7.09. The molecule has 1 saturated carbocycles. The molecule has 1 aromatic carbocycles. The monoisotopic (exact) mass is 314 g/mol. The van der Waals surface area contributed by atoms with Crippen molar-refractivity contribution in [3.05, 3.63) is 48.0 Å². The van der Waals surface area contributed by atoms with E-state index in [2.05, 4.69) is 0 Å². The van der Waals surface area contributed by atoms with Gasteiger partial charge in [-0.05, 0) is 18.1 Å². The molecule has 1 aliphatic heterocycles. The summed E-state index contributed by atoms with van der Waals surface area (Å²) in [6.45, 7) is 0. The van der Waals surface area contributed by atoms with Crippen LogP contribution in [0.3, 0.4) is 0 Å². The summed E-state index contributed by atoms with van der Waals surface area (Å²) in [7, 11) is 1.67. The van der Waals surface area contributed by atoms with Gasteiger partial charge < -0.3 is 9.47 Å². The Morgan fingerprint density at radius 1 is 1.35 bits per heavy atom. The predicted octanol–water partition coefficient (Wildman–Crippen LogP) is 2.71. The van der Waals surface area contributed by atoms with Crippen LogP contribution in [0, 0.1) is 11.8 Å². The van der Waals surface area contributed by atoms with E-state index in [0.717, 1.165) is 12.8 Å². The van der Waals surface area contributed by atoms with Crippen molar-refractivity contribution in [2.75, 3.05) is 7.11 Å². The number of aryl methyl sites for hydroxylation is 1. The van der Waals surface area contributed by atoms with Gasteiger partial charge in [-0.3, -0.25) is 9.59 Å². The van der Waals surface area contributed by atoms with Gasteiger partial charge in [0.05, 0.1) is 12.5 Å². The first-order valence-corrected chi connectivity index (χ1v) is 8.14. The summed E-state index contributed by atoms with van der Waals surface area (Å²) in [6, 6.07) is 9.99. The maximum atomic E-state index is 12.1. The van der Waals surface area contributed by atoms with Gasteiger partial charge in [-0.2, -0.15) is 0 Å². The van der Waals surface area contributed by atoms with E-state index in [0.29, 0.717) is 12.8 Å². The van der Waals surface area contributed by atoms with Crippen LogP contribution in [0.4, 0.5) is 0 Å². The standard InChI is InChI=1S/C19H22O4/c1-22-17-12-18-16(11-19(21)23-18)15(17)10-9-14(20)8-7-13-5-3-2-4-6-13/h2-6,9-10,15-18H,7-8,11-12H2,1H3/b10-9+/t15-,16-,17-,18+/m1/s1. The lowest BCUT2D eigenvalue weighted by atomic mass is 9.91. The fourth-order valence-electron chi connectivity index (χ4n) is 3.63. The zero-order valence-electron chi connectivity index (χ0n) is 13.3. The van der Waals surface area contributed by atoms with Crippen LogP contribution in [0.1, 0.15) is 24.8 Å². The number of fused-ring (bicyclic) bond motifs is 1. The van der Waals surface area contributed by atoms with E-state index in [1.807, 2.05) is 36.4 Å². The Morgan fingerprint density at radius 2 is 2.13 bits per heavy atom. The molecule has 1 saturated heterocycles. The Kier molecular flexibility index (Phi) is 4.91. The molecule has 1 aliphatic carbocycles. The highest BCUT2D eigenvalue weighted by atomic mass is 16.6. The minimum atomic E-state index is -0.136. The molecule has 2 aliphatic rings. The van der Waals surface area contributed by atoms with Crippen LogP contribution in [0.25, 0.3) is 0 Å². The lowest BCUT2D eigenvalue weighted by molar-refractivity contribution is -0.142. The topological polar surface area (TPSA) is 52.6 Å². The van der Waals surface area contributed by atoms with Crippen molar-refractivity contribution in [3.8, 4) is 0 Å². The highest BCUT2D eigenvalue weighted by Gasteiger charge is 2.49. The fraction of sp³-hybridized carbons (Fsp3) is 0.474. The Labute approximate surface area is 136 Å². The third-order valence-corrected chi connectivity index (χ3v) is 4.86. The number of carbonyl (C=O) groups excluding carboxylic acids is 2. The van der Waals surface area contributed by atoms with Crippen LogP contribution >= 0.6 is 0 Å². The number of methoxy groups -OCH3 is 1. The number of ether oxygens (including phenoxy) is 2. The summed E-state index contributed by atoms with van der Waals surface area (Å²) in [6.07, 6.45) is 5.94. The van der Waals surface area contributed by atoms with E-state index in [-0.39, 0.29) is 35.8 Å². The first kappa shape index (κ1) is 15.9. The third-order valence-electron chi connectivity index (χ3n) is 4.86. The van der Waals surface area contributed by atoms with Crippen molar-refractivity contribution >= 4 is 11.8 Å². The van der Waals surface area contributed by atoms with Crippen LogP contribution < -0.4 is 0 Å². The van der Waals surface area contributed by atoms with Crippen molar-refractivity contribution in [1.82, 2.24) is 0 Å². The van der Waals surface area contributed by atoms with E-state index in [1.54, 1.807) is 13.2 Å². The van der Waals surface area contributed by atoms with E-state index >= 15 is 0 Å². The number of allylic oxidation sites excluding steroid dienone is 1. The van der Waals surface area contributed by atoms with E-state index < -0.39 is 0 Å². The second-order valence-electron chi connectivity index (χ2n) is 6.29. The first-order valence-electron chi connectivity index (χ1n) is 8.14. The summed E-state index contributed by atoms with van der Waals surface area (Å²) in [5.41, 5.74) is 1.17. The molecule has 0 spiro atoms. The summed E-state index contributed by atoms with van der Waals surface area (Å²) < 4.78 is 10.8. The van der Waals surface area contributed by atoms with Gasteiger partial charge in [-0.15, -0.1) is 0 Å². The summed E-state index contributed by atoms with van der Waals surface area (Å²) in [4.78, 5) is 23.5. The fourth-order valence-corrected chi connectivity index (χ4v) is 3.63. The average Bonchev–Trinajstić information content (AvgIpc) is 3.07. The van der Waals surface area contributed by atoms with Crippen LogP contribution in [0.2, 0.25) is 0 Å². The predicted molar refractivity (Wildman–Crippen MR) is 85.8 cm³/mol. The van der Waals surface area contributed by atoms with Gasteiger partial charge in [0.2, 0.25) is 0 Å². The molecule has 0 unspecified atom stereocenters. The Morgan fingerprint density at radius 3 is 2.87 bits per heavy atom. The Hall–Kier alpha value is -1.94. The second-order valence-corrected chi connectivity index (χ2v) is 6.29. The van der Waals surface area contributed by atoms with Crippen LogP contribution in [-0.2, 0) is 25.5 Å². The highest BCUT2D eigenvalue weighted by molar-refractivity contribution is 5.89. The number of carbonyl (C=O) groups is 2. The average molecular weight is 314 g/mol. The van der Waals surface area contributed by atoms with E-state index in [1.165, 1.54) is 5.56 Å². The number of esters is 1. The van der Waals surface area contributed by atoms with Crippen molar-refractivity contribution in [2.24, 2.45) is 11.8 Å². The molecule has 4 heteroatoms. The normalized spacial score (nSPS) is 29.7. The Balaban J connectivity index is 1.57. The van der Waals surface area contributed by atoms with Crippen LogP contribution in [0.5, 0.6) is 0 Å². The molecule has 1 aromatic rings. The van der Waals surface area contributed by atoms with Crippen LogP contribution in [-0.4, -0.2) is 31.1 Å². The highest BCUT2D eigenvalue weighted by Crippen LogP contribution is 2.43. The lowest BCUT2D eigenvalue weighted by Gasteiger charge is -2.17. The summed E-state index contributed by atoms with van der Waals surface area (Å²) >= 11 is 0. The number of hydrogen-bond acceptors (Lipinski definition) is 4. The number of hydrogen-bond donors (Lipinski definition) is 0. The van der Waals surface area contributed by atoms with Gasteiger partial charge in [-0.25, -0.2) is 0 Å². The van der Waals surface area contributed by atoms with Crippen LogP contribution in [0.15, 0.2) is 42.5 Å². The molecule has 3 rings (SSSR count). The van der Waals surface area contributed by atoms with E-state index in [9.17, 15) is 9.59 Å². The minimum Gasteiger partial charge on any atom is -0.462 e. The molecular formula is C19H22O4. The molecule has 0 amide bonds. The molecule has 1 heterocycles. The van der Waals surface area contributed by atoms with Crippen molar-refractivity contribution in [1.29, 1.82) is 0 Å². The molecule has 4 nitrogen and oxygen atoms in total.